The molecule has 3 heterocycles. The number of nitrogens with zero attached hydrogens (tertiary/aromatic N) is 3. The Morgan fingerprint density at radius 2 is 2.05 bits per heavy atom. The SMILES string of the molecule is CC1(C)CC(=O)N(c2ccc(-c3ccnc(Cl)c3)cn2)N1. The van der Waals surface area contributed by atoms with Gasteiger partial charge in [-0.3, -0.25) is 4.79 Å². The first kappa shape index (κ1) is 14.0. The zero-order valence-electron chi connectivity index (χ0n) is 11.8. The standard InChI is InChI=1S/C15H15ClN4O/c1-15(2)8-14(21)20(19-15)13-4-3-11(9-18-13)10-5-6-17-12(16)7-10/h3-7,9,19H,8H2,1-2H3. The van der Waals surface area contributed by atoms with Gasteiger partial charge in [0.2, 0.25) is 5.91 Å². The van der Waals surface area contributed by atoms with Crippen LogP contribution in [0.3, 0.4) is 0 Å². The van der Waals surface area contributed by atoms with E-state index >= 15 is 0 Å². The van der Waals surface area contributed by atoms with Crippen LogP contribution in [0, 0.1) is 0 Å². The molecule has 1 amide bonds. The summed E-state index contributed by atoms with van der Waals surface area (Å²) < 4.78 is 0. The number of hydrazine groups is 1. The Bertz CT molecular complexity index is 684. The average molecular weight is 303 g/mol. The van der Waals surface area contributed by atoms with Gasteiger partial charge in [-0.2, -0.15) is 0 Å². The predicted molar refractivity (Wildman–Crippen MR) is 81.8 cm³/mol. The molecule has 108 valence electrons. The van der Waals surface area contributed by atoms with Crippen molar-refractivity contribution in [3.05, 3.63) is 41.8 Å². The van der Waals surface area contributed by atoms with Crippen molar-refractivity contribution >= 4 is 23.3 Å². The Morgan fingerprint density at radius 1 is 1.24 bits per heavy atom. The second-order valence-electron chi connectivity index (χ2n) is 5.67. The van der Waals surface area contributed by atoms with Gasteiger partial charge >= 0.3 is 0 Å². The van der Waals surface area contributed by atoms with E-state index in [-0.39, 0.29) is 11.4 Å². The maximum Gasteiger partial charge on any atom is 0.244 e. The zero-order chi connectivity index (χ0) is 15.0. The fourth-order valence-corrected chi connectivity index (χ4v) is 2.49. The number of hydrogen-bond donors (Lipinski definition) is 1. The lowest BCUT2D eigenvalue weighted by molar-refractivity contribution is -0.117. The maximum atomic E-state index is 12.0. The highest BCUT2D eigenvalue weighted by atomic mass is 35.5. The molecule has 1 saturated heterocycles. The normalized spacial score (nSPS) is 17.3. The molecule has 1 N–H and O–H groups in total. The van der Waals surface area contributed by atoms with Crippen molar-refractivity contribution in [3.63, 3.8) is 0 Å². The van der Waals surface area contributed by atoms with Crippen LogP contribution in [-0.2, 0) is 4.79 Å². The minimum Gasteiger partial charge on any atom is -0.273 e. The Balaban J connectivity index is 1.87. The van der Waals surface area contributed by atoms with E-state index in [2.05, 4.69) is 15.4 Å². The number of aromatic nitrogens is 2. The molecule has 1 aliphatic heterocycles. The number of pyridine rings is 2. The summed E-state index contributed by atoms with van der Waals surface area (Å²) in [5.74, 6) is 0.613. The first-order valence-corrected chi connectivity index (χ1v) is 7.01. The third kappa shape index (κ3) is 2.89. The summed E-state index contributed by atoms with van der Waals surface area (Å²) in [4.78, 5) is 20.3. The van der Waals surface area contributed by atoms with Gasteiger partial charge in [0.15, 0.2) is 0 Å². The van der Waals surface area contributed by atoms with E-state index < -0.39 is 0 Å². The molecule has 2 aromatic rings. The van der Waals surface area contributed by atoms with Gasteiger partial charge in [-0.15, -0.1) is 0 Å². The Kier molecular flexibility index (Phi) is 3.39. The van der Waals surface area contributed by atoms with Crippen molar-refractivity contribution in [1.82, 2.24) is 15.4 Å². The highest BCUT2D eigenvalue weighted by Crippen LogP contribution is 2.26. The monoisotopic (exact) mass is 302 g/mol. The van der Waals surface area contributed by atoms with Crippen molar-refractivity contribution in [1.29, 1.82) is 0 Å². The minimum atomic E-state index is -0.240. The highest BCUT2D eigenvalue weighted by Gasteiger charge is 2.36. The van der Waals surface area contributed by atoms with Gasteiger partial charge in [0.1, 0.15) is 11.0 Å². The van der Waals surface area contributed by atoms with Crippen molar-refractivity contribution in [2.24, 2.45) is 0 Å². The fraction of sp³-hybridized carbons (Fsp3) is 0.267. The highest BCUT2D eigenvalue weighted by molar-refractivity contribution is 6.29. The maximum absolute atomic E-state index is 12.0. The van der Waals surface area contributed by atoms with Gasteiger partial charge in [0, 0.05) is 29.9 Å². The molecular weight excluding hydrogens is 288 g/mol. The zero-order valence-corrected chi connectivity index (χ0v) is 12.6. The first-order chi connectivity index (χ1) is 9.94. The lowest BCUT2D eigenvalue weighted by atomic mass is 10.0. The van der Waals surface area contributed by atoms with Crippen LogP contribution in [0.15, 0.2) is 36.7 Å². The van der Waals surface area contributed by atoms with Crippen LogP contribution in [-0.4, -0.2) is 21.4 Å². The van der Waals surface area contributed by atoms with E-state index in [4.69, 9.17) is 11.6 Å². The number of carbonyl (C=O) groups excluding carboxylic acids is 1. The summed E-state index contributed by atoms with van der Waals surface area (Å²) in [6.45, 7) is 3.97. The number of rotatable bonds is 2. The molecule has 1 aliphatic rings. The fourth-order valence-electron chi connectivity index (χ4n) is 2.32. The molecule has 6 heteroatoms. The molecule has 0 saturated carbocycles. The summed E-state index contributed by atoms with van der Waals surface area (Å²) in [6, 6.07) is 7.37. The van der Waals surface area contributed by atoms with Crippen LogP contribution in [0.1, 0.15) is 20.3 Å². The van der Waals surface area contributed by atoms with Crippen LogP contribution in [0.25, 0.3) is 11.1 Å². The number of halogens is 1. The van der Waals surface area contributed by atoms with Gasteiger partial charge < -0.3 is 0 Å². The number of hydrogen-bond acceptors (Lipinski definition) is 4. The minimum absolute atomic E-state index is 0.0206. The molecule has 21 heavy (non-hydrogen) atoms. The molecule has 0 atom stereocenters. The summed E-state index contributed by atoms with van der Waals surface area (Å²) in [6.07, 6.45) is 3.83. The molecule has 0 radical (unpaired) electrons. The van der Waals surface area contributed by atoms with Crippen molar-refractivity contribution in [2.45, 2.75) is 25.8 Å². The topological polar surface area (TPSA) is 58.1 Å². The first-order valence-electron chi connectivity index (χ1n) is 6.63. The van der Waals surface area contributed by atoms with Gasteiger partial charge in [0.25, 0.3) is 0 Å². The lowest BCUT2D eigenvalue weighted by Crippen LogP contribution is -2.42. The molecule has 0 bridgehead atoms. The Hall–Kier alpha value is -1.98. The van der Waals surface area contributed by atoms with E-state index in [1.807, 2.05) is 32.0 Å². The molecular formula is C15H15ClN4O. The molecule has 0 aliphatic carbocycles. The smallest absolute Gasteiger partial charge is 0.244 e. The Morgan fingerprint density at radius 3 is 2.62 bits per heavy atom. The second-order valence-corrected chi connectivity index (χ2v) is 6.06. The third-order valence-electron chi connectivity index (χ3n) is 3.29. The molecule has 1 fully saturated rings. The van der Waals surface area contributed by atoms with Crippen molar-refractivity contribution < 1.29 is 4.79 Å². The largest absolute Gasteiger partial charge is 0.273 e. The van der Waals surface area contributed by atoms with Crippen LogP contribution >= 0.6 is 11.6 Å². The van der Waals surface area contributed by atoms with Crippen LogP contribution < -0.4 is 10.4 Å². The van der Waals surface area contributed by atoms with E-state index in [1.54, 1.807) is 18.5 Å². The van der Waals surface area contributed by atoms with Crippen LogP contribution in [0.4, 0.5) is 5.82 Å². The number of carbonyl (C=O) groups is 1. The molecule has 0 aromatic carbocycles. The third-order valence-corrected chi connectivity index (χ3v) is 3.50. The summed E-state index contributed by atoms with van der Waals surface area (Å²) >= 11 is 5.89. The lowest BCUT2D eigenvalue weighted by Gasteiger charge is -2.20. The number of nitrogens with one attached hydrogen (secondary N) is 1. The van der Waals surface area contributed by atoms with Gasteiger partial charge in [-0.05, 0) is 43.7 Å². The summed E-state index contributed by atoms with van der Waals surface area (Å²) in [7, 11) is 0. The van der Waals surface area contributed by atoms with Crippen molar-refractivity contribution in [2.75, 3.05) is 5.01 Å². The van der Waals surface area contributed by atoms with Crippen LogP contribution in [0.5, 0.6) is 0 Å². The van der Waals surface area contributed by atoms with E-state index in [0.717, 1.165) is 11.1 Å². The van der Waals surface area contributed by atoms with E-state index in [1.165, 1.54) is 5.01 Å². The van der Waals surface area contributed by atoms with E-state index in [0.29, 0.717) is 17.4 Å². The number of amides is 1. The average Bonchev–Trinajstić information content (AvgIpc) is 2.72. The van der Waals surface area contributed by atoms with Crippen LogP contribution in [0.2, 0.25) is 5.15 Å². The number of anilines is 1. The van der Waals surface area contributed by atoms with Crippen molar-refractivity contribution in [3.8, 4) is 11.1 Å². The summed E-state index contributed by atoms with van der Waals surface area (Å²) in [5.41, 5.74) is 4.78. The Labute approximate surface area is 127 Å². The molecule has 2 aromatic heterocycles. The van der Waals surface area contributed by atoms with Gasteiger partial charge in [-0.25, -0.2) is 20.4 Å². The predicted octanol–water partition coefficient (Wildman–Crippen LogP) is 2.82. The second kappa shape index (κ2) is 5.09. The van der Waals surface area contributed by atoms with Gasteiger partial charge in [0.05, 0.1) is 0 Å². The quantitative estimate of drug-likeness (QED) is 0.867. The molecule has 0 spiro atoms. The molecule has 5 nitrogen and oxygen atoms in total. The molecule has 0 unspecified atom stereocenters. The van der Waals surface area contributed by atoms with E-state index in [9.17, 15) is 4.79 Å². The summed E-state index contributed by atoms with van der Waals surface area (Å²) in [5, 5.41) is 1.94. The molecule has 3 rings (SSSR count). The van der Waals surface area contributed by atoms with Gasteiger partial charge in [-0.1, -0.05) is 11.6 Å².